The van der Waals surface area contributed by atoms with Gasteiger partial charge in [0.25, 0.3) is 0 Å². The van der Waals surface area contributed by atoms with E-state index in [1.54, 1.807) is 0 Å². The Morgan fingerprint density at radius 1 is 1.33 bits per heavy atom. The molecule has 2 heterocycles. The molecule has 15 heavy (non-hydrogen) atoms. The summed E-state index contributed by atoms with van der Waals surface area (Å²) in [6, 6.07) is 4.18. The van der Waals surface area contributed by atoms with Crippen LogP contribution in [-0.4, -0.2) is 18.1 Å². The Labute approximate surface area is 111 Å². The van der Waals surface area contributed by atoms with Gasteiger partial charge in [-0.15, -0.1) is 24.8 Å². The van der Waals surface area contributed by atoms with Crippen LogP contribution in [0.25, 0.3) is 0 Å². The molecule has 1 aromatic rings. The molecular weight excluding hydrogens is 299 g/mol. The predicted octanol–water partition coefficient (Wildman–Crippen LogP) is 3.15. The van der Waals surface area contributed by atoms with Gasteiger partial charge in [-0.05, 0) is 47.4 Å². The summed E-state index contributed by atoms with van der Waals surface area (Å²) >= 11 is 3.39. The third-order valence-electron chi connectivity index (χ3n) is 2.47. The lowest BCUT2D eigenvalue weighted by Gasteiger charge is -2.21. The molecule has 1 aliphatic rings. The lowest BCUT2D eigenvalue weighted by atomic mass is 9.96. The van der Waals surface area contributed by atoms with Crippen LogP contribution >= 0.6 is 40.7 Å². The molecule has 2 nitrogen and oxygen atoms in total. The van der Waals surface area contributed by atoms with Crippen molar-refractivity contribution in [2.45, 2.75) is 18.8 Å². The van der Waals surface area contributed by atoms with E-state index in [1.165, 1.54) is 18.5 Å². The number of nitrogens with zero attached hydrogens (tertiary/aromatic N) is 1. The first-order valence-electron chi connectivity index (χ1n) is 4.68. The molecule has 0 aromatic carbocycles. The van der Waals surface area contributed by atoms with Crippen LogP contribution in [0.5, 0.6) is 0 Å². The van der Waals surface area contributed by atoms with Crippen LogP contribution in [0.2, 0.25) is 0 Å². The van der Waals surface area contributed by atoms with E-state index in [0.717, 1.165) is 17.6 Å². The van der Waals surface area contributed by atoms with E-state index in [9.17, 15) is 0 Å². The molecule has 1 unspecified atom stereocenters. The van der Waals surface area contributed by atoms with Gasteiger partial charge in [0.2, 0.25) is 0 Å². The quantitative estimate of drug-likeness (QED) is 0.861. The second kappa shape index (κ2) is 7.44. The molecule has 1 atom stereocenters. The summed E-state index contributed by atoms with van der Waals surface area (Å²) in [5.74, 6) is 0.613. The Kier molecular flexibility index (Phi) is 7.53. The standard InChI is InChI=1S/C10H13BrN2.2ClH/c11-9-3-4-10(13-7-9)8-2-1-5-12-6-8;;/h3-4,7-8,12H,1-2,5-6H2;2*1H. The zero-order valence-electron chi connectivity index (χ0n) is 8.28. The number of nitrogens with one attached hydrogen (secondary N) is 1. The summed E-state index contributed by atoms with van der Waals surface area (Å²) in [4.78, 5) is 4.42. The van der Waals surface area contributed by atoms with E-state index in [-0.39, 0.29) is 24.8 Å². The van der Waals surface area contributed by atoms with Crippen molar-refractivity contribution in [3.63, 3.8) is 0 Å². The molecule has 1 N–H and O–H groups in total. The molecular formula is C10H15BrCl2N2. The maximum absolute atomic E-state index is 4.42. The van der Waals surface area contributed by atoms with Gasteiger partial charge in [-0.2, -0.15) is 0 Å². The van der Waals surface area contributed by atoms with Crippen molar-refractivity contribution < 1.29 is 0 Å². The molecule has 1 fully saturated rings. The largest absolute Gasteiger partial charge is 0.316 e. The first-order chi connectivity index (χ1) is 6.36. The zero-order valence-corrected chi connectivity index (χ0v) is 11.5. The highest BCUT2D eigenvalue weighted by Gasteiger charge is 2.15. The molecule has 1 aliphatic heterocycles. The van der Waals surface area contributed by atoms with Crippen molar-refractivity contribution >= 4 is 40.7 Å². The summed E-state index contributed by atoms with van der Waals surface area (Å²) in [6.07, 6.45) is 4.41. The normalized spacial score (nSPS) is 19.9. The Bertz CT molecular complexity index is 273. The van der Waals surface area contributed by atoms with Crippen LogP contribution < -0.4 is 5.32 Å². The minimum absolute atomic E-state index is 0. The van der Waals surface area contributed by atoms with E-state index >= 15 is 0 Å². The number of aromatic nitrogens is 1. The van der Waals surface area contributed by atoms with Crippen molar-refractivity contribution in [3.05, 3.63) is 28.5 Å². The minimum Gasteiger partial charge on any atom is -0.316 e. The smallest absolute Gasteiger partial charge is 0.0448 e. The third kappa shape index (κ3) is 4.27. The summed E-state index contributed by atoms with van der Waals surface area (Å²) in [5.41, 5.74) is 1.22. The van der Waals surface area contributed by atoms with Crippen LogP contribution in [0.1, 0.15) is 24.5 Å². The zero-order chi connectivity index (χ0) is 9.10. The molecule has 0 saturated carbocycles. The van der Waals surface area contributed by atoms with Gasteiger partial charge in [0.1, 0.15) is 0 Å². The second-order valence-electron chi connectivity index (χ2n) is 3.44. The molecule has 0 spiro atoms. The highest BCUT2D eigenvalue weighted by Crippen LogP contribution is 2.22. The van der Waals surface area contributed by atoms with Crippen molar-refractivity contribution in [2.24, 2.45) is 0 Å². The van der Waals surface area contributed by atoms with E-state index in [2.05, 4.69) is 38.4 Å². The van der Waals surface area contributed by atoms with Crippen LogP contribution in [0.3, 0.4) is 0 Å². The summed E-state index contributed by atoms with van der Waals surface area (Å²) in [5, 5.41) is 3.40. The van der Waals surface area contributed by atoms with Gasteiger partial charge in [-0.3, -0.25) is 4.98 Å². The Balaban J connectivity index is 0.000000980. The summed E-state index contributed by atoms with van der Waals surface area (Å²) in [7, 11) is 0. The SMILES string of the molecule is Brc1ccc(C2CCCNC2)nc1.Cl.Cl. The highest BCUT2D eigenvalue weighted by molar-refractivity contribution is 9.10. The van der Waals surface area contributed by atoms with Gasteiger partial charge in [0, 0.05) is 28.8 Å². The van der Waals surface area contributed by atoms with E-state index in [4.69, 9.17) is 0 Å². The van der Waals surface area contributed by atoms with Crippen molar-refractivity contribution in [2.75, 3.05) is 13.1 Å². The Hall–Kier alpha value is 0.170. The molecule has 0 radical (unpaired) electrons. The number of hydrogen-bond acceptors (Lipinski definition) is 2. The number of hydrogen-bond donors (Lipinski definition) is 1. The maximum Gasteiger partial charge on any atom is 0.0448 e. The molecule has 0 amide bonds. The van der Waals surface area contributed by atoms with Crippen LogP contribution in [0.4, 0.5) is 0 Å². The van der Waals surface area contributed by atoms with Crippen molar-refractivity contribution in [1.82, 2.24) is 10.3 Å². The number of rotatable bonds is 1. The van der Waals surface area contributed by atoms with Crippen LogP contribution in [0.15, 0.2) is 22.8 Å². The van der Waals surface area contributed by atoms with E-state index in [0.29, 0.717) is 5.92 Å². The minimum atomic E-state index is 0. The Morgan fingerprint density at radius 3 is 2.67 bits per heavy atom. The molecule has 0 aliphatic carbocycles. The fraction of sp³-hybridized carbons (Fsp3) is 0.500. The summed E-state index contributed by atoms with van der Waals surface area (Å²) in [6.45, 7) is 2.24. The third-order valence-corrected chi connectivity index (χ3v) is 2.93. The van der Waals surface area contributed by atoms with Crippen LogP contribution in [0, 0.1) is 0 Å². The molecule has 0 bridgehead atoms. The predicted molar refractivity (Wildman–Crippen MR) is 71.3 cm³/mol. The topological polar surface area (TPSA) is 24.9 Å². The van der Waals surface area contributed by atoms with Gasteiger partial charge in [-0.25, -0.2) is 0 Å². The van der Waals surface area contributed by atoms with E-state index in [1.807, 2.05) is 6.20 Å². The van der Waals surface area contributed by atoms with Gasteiger partial charge < -0.3 is 5.32 Å². The number of pyridine rings is 1. The maximum atomic E-state index is 4.42. The van der Waals surface area contributed by atoms with E-state index < -0.39 is 0 Å². The average molecular weight is 314 g/mol. The molecule has 1 saturated heterocycles. The van der Waals surface area contributed by atoms with Gasteiger partial charge in [0.05, 0.1) is 0 Å². The van der Waals surface area contributed by atoms with Gasteiger partial charge in [0.15, 0.2) is 0 Å². The fourth-order valence-corrected chi connectivity index (χ4v) is 1.97. The highest BCUT2D eigenvalue weighted by atomic mass is 79.9. The molecule has 2 rings (SSSR count). The van der Waals surface area contributed by atoms with Gasteiger partial charge in [-0.1, -0.05) is 0 Å². The Morgan fingerprint density at radius 2 is 2.13 bits per heavy atom. The summed E-state index contributed by atoms with van der Waals surface area (Å²) < 4.78 is 1.06. The lowest BCUT2D eigenvalue weighted by molar-refractivity contribution is 0.454. The monoisotopic (exact) mass is 312 g/mol. The first kappa shape index (κ1) is 15.2. The number of halogens is 3. The number of piperidine rings is 1. The first-order valence-corrected chi connectivity index (χ1v) is 5.48. The van der Waals surface area contributed by atoms with Crippen molar-refractivity contribution in [1.29, 1.82) is 0 Å². The average Bonchev–Trinajstić information content (AvgIpc) is 2.20. The second-order valence-corrected chi connectivity index (χ2v) is 4.36. The lowest BCUT2D eigenvalue weighted by Crippen LogP contribution is -2.28. The van der Waals surface area contributed by atoms with Gasteiger partial charge >= 0.3 is 0 Å². The fourth-order valence-electron chi connectivity index (χ4n) is 1.73. The molecule has 86 valence electrons. The van der Waals surface area contributed by atoms with Crippen molar-refractivity contribution in [3.8, 4) is 0 Å². The van der Waals surface area contributed by atoms with Crippen LogP contribution in [-0.2, 0) is 0 Å². The molecule has 5 heteroatoms. The molecule has 1 aromatic heterocycles.